The first-order valence-electron chi connectivity index (χ1n) is 9.08. The minimum Gasteiger partial charge on any atom is -0.461 e. The molecular weight excluding hydrogens is 360 g/mol. The van der Waals surface area contributed by atoms with Gasteiger partial charge < -0.3 is 4.74 Å². The molecule has 0 aliphatic carbocycles. The number of fused-ring (bicyclic) bond motifs is 1. The molecule has 27 heavy (non-hydrogen) atoms. The number of rotatable bonds is 5. The number of aromatic nitrogens is 2. The molecule has 0 saturated carbocycles. The largest absolute Gasteiger partial charge is 0.461 e. The summed E-state index contributed by atoms with van der Waals surface area (Å²) in [6.07, 6.45) is 1.20. The first kappa shape index (κ1) is 19.3. The molecule has 0 aliphatic heterocycles. The van der Waals surface area contributed by atoms with E-state index < -0.39 is 12.0 Å². The minimum atomic E-state index is -0.729. The summed E-state index contributed by atoms with van der Waals surface area (Å²) in [5, 5.41) is 2.49. The van der Waals surface area contributed by atoms with Crippen LogP contribution in [0.3, 0.4) is 0 Å². The average molecular weight is 385 g/mol. The van der Waals surface area contributed by atoms with Crippen molar-refractivity contribution in [2.75, 3.05) is 0 Å². The van der Waals surface area contributed by atoms with Gasteiger partial charge in [0.05, 0.1) is 17.8 Å². The number of carbonyl (C=O) groups excluding carboxylic acids is 1. The summed E-state index contributed by atoms with van der Waals surface area (Å²) in [7, 11) is 0. The monoisotopic (exact) mass is 384 g/mol. The molecule has 0 fully saturated rings. The number of thiophene rings is 1. The molecule has 2 aromatic heterocycles. The Labute approximate surface area is 162 Å². The molecule has 6 heteroatoms. The highest BCUT2D eigenvalue weighted by atomic mass is 32.1. The molecular formula is C21H24N2O3S. The summed E-state index contributed by atoms with van der Waals surface area (Å²) in [5.74, 6) is 0.0105. The molecule has 0 radical (unpaired) electrons. The highest BCUT2D eigenvalue weighted by molar-refractivity contribution is 7.17. The van der Waals surface area contributed by atoms with E-state index in [2.05, 4.69) is 31.0 Å². The van der Waals surface area contributed by atoms with Gasteiger partial charge in [0.2, 0.25) is 0 Å². The van der Waals surface area contributed by atoms with Crippen molar-refractivity contribution in [3.8, 4) is 11.1 Å². The third-order valence-corrected chi connectivity index (χ3v) is 5.40. The van der Waals surface area contributed by atoms with Crippen molar-refractivity contribution < 1.29 is 9.53 Å². The fraction of sp³-hybridized carbons (Fsp3) is 0.381. The molecule has 142 valence electrons. The second-order valence-corrected chi connectivity index (χ2v) is 8.08. The van der Waals surface area contributed by atoms with Crippen molar-refractivity contribution in [2.24, 2.45) is 0 Å². The fourth-order valence-corrected chi connectivity index (χ4v) is 3.83. The molecule has 0 amide bonds. The molecule has 0 spiro atoms. The van der Waals surface area contributed by atoms with E-state index >= 15 is 0 Å². The Balaban J connectivity index is 2.07. The van der Waals surface area contributed by atoms with Crippen molar-refractivity contribution in [1.29, 1.82) is 0 Å². The van der Waals surface area contributed by atoms with E-state index in [-0.39, 0.29) is 11.7 Å². The lowest BCUT2D eigenvalue weighted by atomic mass is 9.99. The van der Waals surface area contributed by atoms with E-state index in [4.69, 9.17) is 4.74 Å². The summed E-state index contributed by atoms with van der Waals surface area (Å²) >= 11 is 1.43. The molecule has 0 bridgehead atoms. The molecule has 0 unspecified atom stereocenters. The third kappa shape index (κ3) is 3.81. The van der Waals surface area contributed by atoms with Gasteiger partial charge in [-0.15, -0.1) is 11.3 Å². The van der Waals surface area contributed by atoms with Crippen LogP contribution >= 0.6 is 11.3 Å². The Kier molecular flexibility index (Phi) is 5.46. The van der Waals surface area contributed by atoms with Crippen molar-refractivity contribution >= 4 is 27.5 Å². The molecule has 1 aromatic carbocycles. The second kappa shape index (κ2) is 7.64. The van der Waals surface area contributed by atoms with Gasteiger partial charge in [0.1, 0.15) is 10.9 Å². The zero-order valence-electron chi connectivity index (χ0n) is 16.2. The normalized spacial score (nSPS) is 12.7. The van der Waals surface area contributed by atoms with Crippen molar-refractivity contribution in [2.45, 2.75) is 52.7 Å². The summed E-state index contributed by atoms with van der Waals surface area (Å²) in [6.45, 7) is 9.52. The quantitative estimate of drug-likeness (QED) is 0.595. The van der Waals surface area contributed by atoms with Crippen LogP contribution in [0.2, 0.25) is 0 Å². The number of carbonyl (C=O) groups is 1. The Morgan fingerprint density at radius 3 is 2.37 bits per heavy atom. The predicted octanol–water partition coefficient (Wildman–Crippen LogP) is 4.76. The molecule has 0 N–H and O–H groups in total. The molecule has 0 saturated heterocycles. The Morgan fingerprint density at radius 1 is 1.11 bits per heavy atom. The molecule has 2 heterocycles. The lowest BCUT2D eigenvalue weighted by Crippen LogP contribution is -2.30. The average Bonchev–Trinajstić information content (AvgIpc) is 3.06. The van der Waals surface area contributed by atoms with Gasteiger partial charge in [0.15, 0.2) is 0 Å². The van der Waals surface area contributed by atoms with Crippen molar-refractivity contribution in [3.63, 3.8) is 0 Å². The second-order valence-electron chi connectivity index (χ2n) is 7.22. The smallest absolute Gasteiger partial charge is 0.329 e. The first-order chi connectivity index (χ1) is 12.8. The molecule has 1 atom stereocenters. The lowest BCUT2D eigenvalue weighted by molar-refractivity contribution is -0.151. The lowest BCUT2D eigenvalue weighted by Gasteiger charge is -2.16. The van der Waals surface area contributed by atoms with Gasteiger partial charge in [0.25, 0.3) is 5.56 Å². The zero-order chi connectivity index (χ0) is 19.7. The zero-order valence-corrected chi connectivity index (χ0v) is 17.0. The van der Waals surface area contributed by atoms with E-state index in [0.717, 1.165) is 11.1 Å². The highest BCUT2D eigenvalue weighted by Gasteiger charge is 2.22. The number of nitrogens with zero attached hydrogens (tertiary/aromatic N) is 2. The number of benzene rings is 1. The summed E-state index contributed by atoms with van der Waals surface area (Å²) in [6, 6.07) is 7.50. The Morgan fingerprint density at radius 2 is 1.78 bits per heavy atom. The van der Waals surface area contributed by atoms with Crippen LogP contribution in [0, 0.1) is 0 Å². The van der Waals surface area contributed by atoms with Gasteiger partial charge in [-0.05, 0) is 37.8 Å². The van der Waals surface area contributed by atoms with Crippen LogP contribution in [0.1, 0.15) is 52.1 Å². The minimum absolute atomic E-state index is 0.225. The van der Waals surface area contributed by atoms with Gasteiger partial charge >= 0.3 is 5.97 Å². The molecule has 3 rings (SSSR count). The molecule has 5 nitrogen and oxygen atoms in total. The summed E-state index contributed by atoms with van der Waals surface area (Å²) in [5.41, 5.74) is 2.84. The van der Waals surface area contributed by atoms with Gasteiger partial charge in [0, 0.05) is 10.9 Å². The Bertz CT molecular complexity index is 1020. The Hall–Kier alpha value is -2.47. The van der Waals surface area contributed by atoms with E-state index in [1.54, 1.807) is 20.8 Å². The number of hydrogen-bond acceptors (Lipinski definition) is 5. The van der Waals surface area contributed by atoms with Crippen molar-refractivity contribution in [1.82, 2.24) is 9.55 Å². The van der Waals surface area contributed by atoms with Gasteiger partial charge in [-0.3, -0.25) is 9.36 Å². The van der Waals surface area contributed by atoms with Crippen molar-refractivity contribution in [3.05, 3.63) is 51.9 Å². The SMILES string of the molecule is CC(C)OC(=O)[C@H](C)n1cnc2scc(-c3ccc(C(C)C)cc3)c2c1=O. The fourth-order valence-electron chi connectivity index (χ4n) is 2.93. The van der Waals surface area contributed by atoms with Crippen LogP contribution in [0.4, 0.5) is 0 Å². The number of esters is 1. The molecule has 0 aliphatic rings. The van der Waals surface area contributed by atoms with Crippen LogP contribution in [0.25, 0.3) is 21.3 Å². The van der Waals surface area contributed by atoms with Crippen LogP contribution < -0.4 is 5.56 Å². The van der Waals surface area contributed by atoms with E-state index in [1.165, 1.54) is 27.8 Å². The topological polar surface area (TPSA) is 61.2 Å². The van der Waals surface area contributed by atoms with E-state index in [0.29, 0.717) is 16.1 Å². The van der Waals surface area contributed by atoms with E-state index in [1.807, 2.05) is 17.5 Å². The van der Waals surface area contributed by atoms with Crippen LogP contribution in [-0.2, 0) is 9.53 Å². The van der Waals surface area contributed by atoms with Crippen LogP contribution in [0.15, 0.2) is 40.8 Å². The maximum Gasteiger partial charge on any atom is 0.329 e. The standard InChI is InChI=1S/C21H24N2O3S/c1-12(2)15-6-8-16(9-7-15)17-10-27-19-18(17)20(24)23(11-22-19)14(5)21(25)26-13(3)4/h6-14H,1-5H3/t14-/m0/s1. The number of hydrogen-bond donors (Lipinski definition) is 0. The molecule has 3 aromatic rings. The highest BCUT2D eigenvalue weighted by Crippen LogP contribution is 2.31. The van der Waals surface area contributed by atoms with E-state index in [9.17, 15) is 9.59 Å². The summed E-state index contributed by atoms with van der Waals surface area (Å²) < 4.78 is 6.59. The van der Waals surface area contributed by atoms with Crippen LogP contribution in [-0.4, -0.2) is 21.6 Å². The predicted molar refractivity (Wildman–Crippen MR) is 109 cm³/mol. The maximum absolute atomic E-state index is 13.1. The van der Waals surface area contributed by atoms with Gasteiger partial charge in [-0.1, -0.05) is 38.1 Å². The maximum atomic E-state index is 13.1. The van der Waals surface area contributed by atoms with Gasteiger partial charge in [-0.25, -0.2) is 9.78 Å². The summed E-state index contributed by atoms with van der Waals surface area (Å²) in [4.78, 5) is 30.4. The third-order valence-electron chi connectivity index (χ3n) is 4.52. The number of ether oxygens (including phenoxy) is 1. The first-order valence-corrected chi connectivity index (χ1v) is 9.96. The van der Waals surface area contributed by atoms with Crippen LogP contribution in [0.5, 0.6) is 0 Å². The van der Waals surface area contributed by atoms with Gasteiger partial charge in [-0.2, -0.15) is 0 Å².